The van der Waals surface area contributed by atoms with Gasteiger partial charge in [-0.25, -0.2) is 8.42 Å². The predicted octanol–water partition coefficient (Wildman–Crippen LogP) is 2.29. The van der Waals surface area contributed by atoms with E-state index in [1.54, 1.807) is 0 Å². The molecule has 0 aliphatic heterocycles. The number of nitro benzene ring substituents is 1. The van der Waals surface area contributed by atoms with E-state index in [2.05, 4.69) is 4.74 Å². The molecule has 1 aromatic rings. The van der Waals surface area contributed by atoms with Crippen molar-refractivity contribution in [2.75, 3.05) is 0 Å². The number of hydrogen-bond donors (Lipinski definition) is 0. The Kier molecular flexibility index (Phi) is 4.11. The molecule has 0 bridgehead atoms. The average molecular weight is 331 g/mol. The first kappa shape index (κ1) is 16.0. The zero-order chi connectivity index (χ0) is 15.7. The highest BCUT2D eigenvalue weighted by molar-refractivity contribution is 8.13. The maximum Gasteiger partial charge on any atom is 0.573 e. The molecule has 1 rings (SSSR count). The summed E-state index contributed by atoms with van der Waals surface area (Å²) in [6.45, 7) is 0. The van der Waals surface area contributed by atoms with Crippen LogP contribution in [0.4, 0.5) is 18.9 Å². The number of ether oxygens (including phenoxy) is 1. The van der Waals surface area contributed by atoms with Crippen LogP contribution in [0.5, 0.6) is 5.75 Å². The first-order valence-electron chi connectivity index (χ1n) is 4.39. The van der Waals surface area contributed by atoms with Crippen molar-refractivity contribution < 1.29 is 31.2 Å². The van der Waals surface area contributed by atoms with Crippen LogP contribution in [-0.2, 0) is 9.05 Å². The summed E-state index contributed by atoms with van der Waals surface area (Å²) in [7, 11) is 0.0199. The van der Waals surface area contributed by atoms with E-state index in [0.717, 1.165) is 0 Å². The maximum atomic E-state index is 12.2. The van der Waals surface area contributed by atoms with Gasteiger partial charge in [0.15, 0.2) is 0 Å². The summed E-state index contributed by atoms with van der Waals surface area (Å²) >= 11 is 0. The Balaban J connectivity index is 3.81. The van der Waals surface area contributed by atoms with E-state index >= 15 is 0 Å². The van der Waals surface area contributed by atoms with E-state index in [4.69, 9.17) is 15.9 Å². The molecule has 20 heavy (non-hydrogen) atoms. The lowest BCUT2D eigenvalue weighted by Crippen LogP contribution is -2.20. The van der Waals surface area contributed by atoms with Crippen molar-refractivity contribution in [3.63, 3.8) is 0 Å². The lowest BCUT2D eigenvalue weighted by atomic mass is 10.2. The molecule has 0 amide bonds. The molecule has 0 N–H and O–H groups in total. The van der Waals surface area contributed by atoms with E-state index in [-0.39, 0.29) is 0 Å². The van der Waals surface area contributed by atoms with Gasteiger partial charge in [-0.2, -0.15) is 5.26 Å². The van der Waals surface area contributed by atoms with Crippen molar-refractivity contribution >= 4 is 25.4 Å². The number of benzene rings is 1. The van der Waals surface area contributed by atoms with Crippen molar-refractivity contribution in [2.45, 2.75) is 11.3 Å². The zero-order valence-electron chi connectivity index (χ0n) is 9.01. The molecule has 108 valence electrons. The molecule has 7 nitrogen and oxygen atoms in total. The predicted molar refractivity (Wildman–Crippen MR) is 57.5 cm³/mol. The van der Waals surface area contributed by atoms with Crippen LogP contribution in [0, 0.1) is 21.4 Å². The Hall–Kier alpha value is -2.06. The van der Waals surface area contributed by atoms with Crippen LogP contribution in [0.25, 0.3) is 0 Å². The summed E-state index contributed by atoms with van der Waals surface area (Å²) in [4.78, 5) is 7.92. The number of nitriles is 1. The van der Waals surface area contributed by atoms with Crippen LogP contribution in [0.1, 0.15) is 5.56 Å². The van der Waals surface area contributed by atoms with Crippen LogP contribution in [0.3, 0.4) is 0 Å². The first-order valence-corrected chi connectivity index (χ1v) is 6.70. The van der Waals surface area contributed by atoms with Gasteiger partial charge in [0.2, 0.25) is 5.75 Å². The van der Waals surface area contributed by atoms with E-state index in [1.165, 1.54) is 6.07 Å². The summed E-state index contributed by atoms with van der Waals surface area (Å²) in [5.74, 6) is -1.66. The van der Waals surface area contributed by atoms with Crippen LogP contribution >= 0.6 is 10.7 Å². The highest BCUT2D eigenvalue weighted by Crippen LogP contribution is 2.40. The van der Waals surface area contributed by atoms with Crippen LogP contribution in [-0.4, -0.2) is 19.7 Å². The maximum absolute atomic E-state index is 12.2. The number of rotatable bonds is 3. The van der Waals surface area contributed by atoms with Gasteiger partial charge in [-0.3, -0.25) is 10.1 Å². The lowest BCUT2D eigenvalue weighted by Gasteiger charge is -2.12. The van der Waals surface area contributed by atoms with Crippen molar-refractivity contribution in [3.05, 3.63) is 27.8 Å². The largest absolute Gasteiger partial charge is 0.573 e. The lowest BCUT2D eigenvalue weighted by molar-refractivity contribution is -0.389. The second-order valence-corrected chi connectivity index (χ2v) is 5.65. The first-order chi connectivity index (χ1) is 8.97. The van der Waals surface area contributed by atoms with Crippen molar-refractivity contribution in [1.29, 1.82) is 5.26 Å². The molecule has 0 fully saturated rings. The molecule has 0 heterocycles. The minimum Gasteiger partial charge on any atom is -0.397 e. The zero-order valence-corrected chi connectivity index (χ0v) is 10.6. The van der Waals surface area contributed by atoms with Crippen molar-refractivity contribution in [1.82, 2.24) is 0 Å². The third kappa shape index (κ3) is 3.49. The molecular weight excluding hydrogens is 329 g/mol. The second-order valence-electron chi connectivity index (χ2n) is 3.15. The molecule has 1 aromatic carbocycles. The highest BCUT2D eigenvalue weighted by Gasteiger charge is 2.39. The normalized spacial score (nSPS) is 11.8. The molecule has 0 spiro atoms. The fraction of sp³-hybridized carbons (Fsp3) is 0.125. The third-order valence-corrected chi connectivity index (χ3v) is 3.23. The highest BCUT2D eigenvalue weighted by atomic mass is 35.7. The Morgan fingerprint density at radius 3 is 2.30 bits per heavy atom. The Bertz CT molecular complexity index is 710. The Labute approximate surface area is 113 Å². The van der Waals surface area contributed by atoms with Crippen LogP contribution < -0.4 is 4.74 Å². The number of alkyl halides is 3. The fourth-order valence-electron chi connectivity index (χ4n) is 1.24. The molecular formula is C8H2ClF3N2O5S. The van der Waals surface area contributed by atoms with Gasteiger partial charge in [0.05, 0.1) is 10.5 Å². The minimum absolute atomic E-state index is 0.505. The van der Waals surface area contributed by atoms with Gasteiger partial charge in [0.25, 0.3) is 9.05 Å². The molecule has 0 aliphatic rings. The van der Waals surface area contributed by atoms with Gasteiger partial charge >= 0.3 is 12.0 Å². The smallest absolute Gasteiger partial charge is 0.397 e. The fourth-order valence-corrected chi connectivity index (χ4v) is 2.44. The molecule has 0 aromatic heterocycles. The summed E-state index contributed by atoms with van der Waals surface area (Å²) in [6, 6.07) is 2.42. The van der Waals surface area contributed by atoms with E-state index in [9.17, 15) is 31.7 Å². The van der Waals surface area contributed by atoms with Gasteiger partial charge in [0.1, 0.15) is 11.0 Å². The third-order valence-electron chi connectivity index (χ3n) is 1.87. The van der Waals surface area contributed by atoms with Gasteiger partial charge < -0.3 is 4.74 Å². The van der Waals surface area contributed by atoms with Gasteiger partial charge in [-0.1, -0.05) is 0 Å². The summed E-state index contributed by atoms with van der Waals surface area (Å²) < 4.78 is 62.5. The van der Waals surface area contributed by atoms with Gasteiger partial charge in [0, 0.05) is 16.7 Å². The number of nitro groups is 1. The standard InChI is InChI=1S/C8H2ClF3N2O5S/c9-20(17,18)7-4(3-13)1-2-5(14(15)16)6(7)19-8(10,11)12/h1-2H. The molecule has 0 radical (unpaired) electrons. The molecule has 0 aliphatic carbocycles. The average Bonchev–Trinajstić information content (AvgIpc) is 2.23. The summed E-state index contributed by atoms with van der Waals surface area (Å²) in [5.41, 5.74) is -2.11. The van der Waals surface area contributed by atoms with Gasteiger partial charge in [-0.05, 0) is 6.07 Å². The second kappa shape index (κ2) is 5.14. The van der Waals surface area contributed by atoms with Gasteiger partial charge in [-0.15, -0.1) is 13.2 Å². The SMILES string of the molecule is N#Cc1ccc([N+](=O)[O-])c(OC(F)(F)F)c1S(=O)(=O)Cl. The Morgan fingerprint density at radius 2 is 1.95 bits per heavy atom. The molecule has 0 unspecified atom stereocenters. The minimum atomic E-state index is -5.41. The van der Waals surface area contributed by atoms with E-state index in [1.807, 2.05) is 0 Å². The molecule has 0 atom stereocenters. The Morgan fingerprint density at radius 1 is 1.40 bits per heavy atom. The van der Waals surface area contributed by atoms with E-state index in [0.29, 0.717) is 12.1 Å². The monoisotopic (exact) mass is 330 g/mol. The quantitative estimate of drug-likeness (QED) is 0.477. The number of halogens is 4. The summed E-state index contributed by atoms with van der Waals surface area (Å²) in [6.07, 6.45) is -5.41. The number of nitrogens with zero attached hydrogens (tertiary/aromatic N) is 2. The molecule has 0 saturated heterocycles. The van der Waals surface area contributed by atoms with E-state index < -0.39 is 42.2 Å². The summed E-state index contributed by atoms with van der Waals surface area (Å²) in [5, 5.41) is 19.3. The molecule has 0 saturated carbocycles. The number of hydrogen-bond acceptors (Lipinski definition) is 6. The topological polar surface area (TPSA) is 110 Å². The van der Waals surface area contributed by atoms with Crippen LogP contribution in [0.2, 0.25) is 0 Å². The van der Waals surface area contributed by atoms with Crippen molar-refractivity contribution in [2.24, 2.45) is 0 Å². The molecule has 12 heteroatoms. The van der Waals surface area contributed by atoms with Crippen molar-refractivity contribution in [3.8, 4) is 11.8 Å². The van der Waals surface area contributed by atoms with Crippen LogP contribution in [0.15, 0.2) is 17.0 Å².